The summed E-state index contributed by atoms with van der Waals surface area (Å²) in [6.45, 7) is 0. The number of halogens is 1. The van der Waals surface area contributed by atoms with E-state index in [1.165, 1.54) is 46.8 Å². The van der Waals surface area contributed by atoms with E-state index >= 15 is 0 Å². The van der Waals surface area contributed by atoms with Crippen molar-refractivity contribution in [1.82, 2.24) is 0 Å². The van der Waals surface area contributed by atoms with E-state index in [0.29, 0.717) is 16.8 Å². The van der Waals surface area contributed by atoms with Crippen LogP contribution < -0.4 is 4.31 Å². The number of aromatic hydroxyl groups is 2. The number of aliphatic hydroxyl groups excluding tert-OH is 1. The standard InChI is InChI=1S/C23H22FNO5S/c24-16-8-6-15(7-9-16)20(27)12-13-22-23(19-11-10-18(26)14-21(19)28)25(31(22,29)30)17-4-2-1-3-5-17/h1-11,14,20,22-23,26-28H,12-13H2/t20?,22-,23+/m0/s1. The Morgan fingerprint density at radius 2 is 1.65 bits per heavy atom. The highest BCUT2D eigenvalue weighted by Gasteiger charge is 2.54. The van der Waals surface area contributed by atoms with E-state index < -0.39 is 33.2 Å². The largest absolute Gasteiger partial charge is 0.508 e. The first kappa shape index (κ1) is 21.1. The van der Waals surface area contributed by atoms with Crippen molar-refractivity contribution in [1.29, 1.82) is 0 Å². The van der Waals surface area contributed by atoms with Gasteiger partial charge in [-0.2, -0.15) is 0 Å². The van der Waals surface area contributed by atoms with Gasteiger partial charge in [-0.05, 0) is 54.8 Å². The molecule has 0 aliphatic carbocycles. The zero-order valence-corrected chi connectivity index (χ0v) is 17.3. The molecule has 0 radical (unpaired) electrons. The molecule has 1 unspecified atom stereocenters. The summed E-state index contributed by atoms with van der Waals surface area (Å²) in [5.41, 5.74) is 1.34. The molecule has 0 bridgehead atoms. The number of hydrogen-bond donors (Lipinski definition) is 3. The molecule has 3 N–H and O–H groups in total. The maximum Gasteiger partial charge on any atom is 0.241 e. The van der Waals surface area contributed by atoms with Gasteiger partial charge in [0.2, 0.25) is 10.0 Å². The second kappa shape index (κ2) is 8.20. The fraction of sp³-hybridized carbons (Fsp3) is 0.217. The van der Waals surface area contributed by atoms with E-state index in [-0.39, 0.29) is 24.3 Å². The SMILES string of the molecule is O=S1(=O)[C@@H](CCC(O)c2ccc(F)cc2)[C@@H](c2ccc(O)cc2O)N1c1ccccc1. The van der Waals surface area contributed by atoms with Gasteiger partial charge in [-0.25, -0.2) is 12.8 Å². The minimum absolute atomic E-state index is 0.127. The molecule has 0 spiro atoms. The molecule has 0 aromatic heterocycles. The number of para-hydroxylation sites is 1. The Kier molecular flexibility index (Phi) is 5.60. The Morgan fingerprint density at radius 1 is 0.968 bits per heavy atom. The Morgan fingerprint density at radius 3 is 2.29 bits per heavy atom. The van der Waals surface area contributed by atoms with Gasteiger partial charge in [-0.3, -0.25) is 4.31 Å². The first-order valence-electron chi connectivity index (χ1n) is 9.83. The highest BCUT2D eigenvalue weighted by Crippen LogP contribution is 2.50. The topological polar surface area (TPSA) is 98.1 Å². The predicted octanol–water partition coefficient (Wildman–Crippen LogP) is 4.01. The first-order valence-corrected chi connectivity index (χ1v) is 11.3. The quantitative estimate of drug-likeness (QED) is 0.535. The van der Waals surface area contributed by atoms with Gasteiger partial charge in [0, 0.05) is 11.6 Å². The highest BCUT2D eigenvalue weighted by molar-refractivity contribution is 7.95. The minimum Gasteiger partial charge on any atom is -0.508 e. The molecule has 31 heavy (non-hydrogen) atoms. The molecule has 3 aromatic rings. The van der Waals surface area contributed by atoms with Crippen LogP contribution in [-0.4, -0.2) is 29.0 Å². The van der Waals surface area contributed by atoms with Crippen molar-refractivity contribution < 1.29 is 28.1 Å². The van der Waals surface area contributed by atoms with Crippen molar-refractivity contribution in [2.45, 2.75) is 30.2 Å². The molecule has 0 amide bonds. The van der Waals surface area contributed by atoms with Crippen LogP contribution in [0.2, 0.25) is 0 Å². The molecule has 4 rings (SSSR count). The lowest BCUT2D eigenvalue weighted by Crippen LogP contribution is -2.58. The van der Waals surface area contributed by atoms with Crippen LogP contribution in [-0.2, 0) is 10.0 Å². The Balaban J connectivity index is 1.64. The number of sulfonamides is 1. The molecule has 6 nitrogen and oxygen atoms in total. The van der Waals surface area contributed by atoms with Crippen molar-refractivity contribution in [2.75, 3.05) is 4.31 Å². The van der Waals surface area contributed by atoms with Gasteiger partial charge in [0.25, 0.3) is 0 Å². The summed E-state index contributed by atoms with van der Waals surface area (Å²) in [6.07, 6.45) is -0.668. The van der Waals surface area contributed by atoms with Crippen molar-refractivity contribution in [2.24, 2.45) is 0 Å². The fourth-order valence-electron chi connectivity index (χ4n) is 4.03. The molecular formula is C23H22FNO5S. The Bertz CT molecular complexity index is 1170. The molecule has 3 atom stereocenters. The van der Waals surface area contributed by atoms with E-state index in [9.17, 15) is 28.1 Å². The molecule has 8 heteroatoms. The molecule has 1 saturated heterocycles. The summed E-state index contributed by atoms with van der Waals surface area (Å²) in [7, 11) is -3.74. The van der Waals surface area contributed by atoms with Crippen molar-refractivity contribution >= 4 is 15.7 Å². The normalized spacial score (nSPS) is 20.8. The number of phenols is 2. The molecule has 1 aliphatic rings. The molecule has 1 fully saturated rings. The molecular weight excluding hydrogens is 421 g/mol. The highest BCUT2D eigenvalue weighted by atomic mass is 32.2. The minimum atomic E-state index is -3.74. The Labute approximate surface area is 179 Å². The lowest BCUT2D eigenvalue weighted by atomic mass is 9.95. The van der Waals surface area contributed by atoms with E-state index in [1.807, 2.05) is 0 Å². The third-order valence-electron chi connectivity index (χ3n) is 5.58. The van der Waals surface area contributed by atoms with E-state index in [1.54, 1.807) is 30.3 Å². The van der Waals surface area contributed by atoms with Crippen molar-refractivity contribution in [3.05, 3.63) is 89.7 Å². The lowest BCUT2D eigenvalue weighted by Gasteiger charge is -2.48. The maximum absolute atomic E-state index is 13.2. The summed E-state index contributed by atoms with van der Waals surface area (Å²) in [6, 6.07) is 17.4. The summed E-state index contributed by atoms with van der Waals surface area (Å²) < 4.78 is 40.7. The van der Waals surface area contributed by atoms with E-state index in [0.717, 1.165) is 0 Å². The zero-order valence-electron chi connectivity index (χ0n) is 16.5. The summed E-state index contributed by atoms with van der Waals surface area (Å²) >= 11 is 0. The van der Waals surface area contributed by atoms with Gasteiger partial charge in [0.05, 0.1) is 17.8 Å². The van der Waals surface area contributed by atoms with Crippen LogP contribution in [0.15, 0.2) is 72.8 Å². The number of aliphatic hydroxyl groups is 1. The van der Waals surface area contributed by atoms with Gasteiger partial charge < -0.3 is 15.3 Å². The van der Waals surface area contributed by atoms with Crippen molar-refractivity contribution in [3.63, 3.8) is 0 Å². The van der Waals surface area contributed by atoms with E-state index in [4.69, 9.17) is 0 Å². The van der Waals surface area contributed by atoms with Crippen molar-refractivity contribution in [3.8, 4) is 11.5 Å². The summed E-state index contributed by atoms with van der Waals surface area (Å²) in [5.74, 6) is -0.748. The second-order valence-corrected chi connectivity index (χ2v) is 9.58. The van der Waals surface area contributed by atoms with Crippen LogP contribution in [0.1, 0.15) is 36.1 Å². The molecule has 1 heterocycles. The monoisotopic (exact) mass is 443 g/mol. The number of benzene rings is 3. The predicted molar refractivity (Wildman–Crippen MR) is 115 cm³/mol. The van der Waals surface area contributed by atoms with Crippen LogP contribution in [0.5, 0.6) is 11.5 Å². The zero-order chi connectivity index (χ0) is 22.2. The Hall–Kier alpha value is -3.10. The average Bonchev–Trinajstić information content (AvgIpc) is 2.74. The molecule has 0 saturated carbocycles. The summed E-state index contributed by atoms with van der Waals surface area (Å²) in [4.78, 5) is 0. The number of phenolic OH excluding ortho intramolecular Hbond substituents is 2. The fourth-order valence-corrected chi connectivity index (χ4v) is 6.15. The number of nitrogens with zero attached hydrogens (tertiary/aromatic N) is 1. The van der Waals surface area contributed by atoms with Gasteiger partial charge in [-0.15, -0.1) is 0 Å². The molecule has 162 valence electrons. The van der Waals surface area contributed by atoms with Crippen LogP contribution in [0.3, 0.4) is 0 Å². The second-order valence-electron chi connectivity index (χ2n) is 7.55. The third-order valence-corrected chi connectivity index (χ3v) is 7.83. The number of rotatable bonds is 6. The van der Waals surface area contributed by atoms with Gasteiger partial charge in [0.15, 0.2) is 0 Å². The molecule has 3 aromatic carbocycles. The first-order chi connectivity index (χ1) is 14.8. The molecule has 1 aliphatic heterocycles. The van der Waals surface area contributed by atoms with E-state index in [2.05, 4.69) is 0 Å². The number of anilines is 1. The van der Waals surface area contributed by atoms with Crippen LogP contribution in [0.25, 0.3) is 0 Å². The number of hydrogen-bond acceptors (Lipinski definition) is 5. The van der Waals surface area contributed by atoms with Crippen LogP contribution in [0, 0.1) is 5.82 Å². The van der Waals surface area contributed by atoms with Crippen LogP contribution in [0.4, 0.5) is 10.1 Å². The van der Waals surface area contributed by atoms with Gasteiger partial charge in [0.1, 0.15) is 22.6 Å². The maximum atomic E-state index is 13.2. The third kappa shape index (κ3) is 3.96. The summed E-state index contributed by atoms with van der Waals surface area (Å²) in [5, 5.41) is 29.6. The smallest absolute Gasteiger partial charge is 0.241 e. The average molecular weight is 443 g/mol. The van der Waals surface area contributed by atoms with Crippen LogP contribution >= 0.6 is 0 Å². The van der Waals surface area contributed by atoms with Gasteiger partial charge >= 0.3 is 0 Å². The van der Waals surface area contributed by atoms with Gasteiger partial charge in [-0.1, -0.05) is 30.3 Å². The lowest BCUT2D eigenvalue weighted by molar-refractivity contribution is 0.162.